The fourth-order valence-electron chi connectivity index (χ4n) is 10.1. The molecule has 5 nitrogen and oxygen atoms in total. The number of hydrogen-bond acceptors (Lipinski definition) is 3. The standard InChI is InChI=1S/C63H41N5/c1-5-19-42(20-6-1)48-37-40-58(55(41-48)44-23-9-3-10-24-44)67-56-31-17-15-29-51(56)53-38-39-54-52-30-16-18-32-57(52)68(60(54)59(53)67)63-65-61(46-25-11-4-12-26-46)64-62(66-63)47-35-33-45(34-36-47)50-28-14-13-27-49(50)43-21-7-2-8-22-43/h1-41H. The van der Waals surface area contributed by atoms with Gasteiger partial charge in [0, 0.05) is 38.2 Å². The monoisotopic (exact) mass is 867 g/mol. The molecule has 318 valence electrons. The minimum atomic E-state index is 0.547. The Balaban J connectivity index is 1.08. The van der Waals surface area contributed by atoms with Gasteiger partial charge in [-0.2, -0.15) is 9.97 Å². The highest BCUT2D eigenvalue weighted by Crippen LogP contribution is 2.44. The molecule has 5 heteroatoms. The van der Waals surface area contributed by atoms with E-state index in [-0.39, 0.29) is 0 Å². The van der Waals surface area contributed by atoms with Crippen molar-refractivity contribution >= 4 is 43.6 Å². The van der Waals surface area contributed by atoms with Crippen LogP contribution in [0.4, 0.5) is 0 Å². The summed E-state index contributed by atoms with van der Waals surface area (Å²) in [5, 5.41) is 4.55. The van der Waals surface area contributed by atoms with Crippen LogP contribution in [0.3, 0.4) is 0 Å². The molecule has 0 aliphatic rings. The summed E-state index contributed by atoms with van der Waals surface area (Å²) in [7, 11) is 0. The maximum atomic E-state index is 5.44. The summed E-state index contributed by atoms with van der Waals surface area (Å²) in [4.78, 5) is 16.0. The van der Waals surface area contributed by atoms with Crippen LogP contribution in [0.2, 0.25) is 0 Å². The molecule has 0 spiro atoms. The Morgan fingerprint density at radius 2 is 0.647 bits per heavy atom. The van der Waals surface area contributed by atoms with Crippen molar-refractivity contribution in [2.24, 2.45) is 0 Å². The topological polar surface area (TPSA) is 48.5 Å². The van der Waals surface area contributed by atoms with E-state index >= 15 is 0 Å². The zero-order valence-electron chi connectivity index (χ0n) is 36.9. The molecule has 0 atom stereocenters. The minimum absolute atomic E-state index is 0.547. The summed E-state index contributed by atoms with van der Waals surface area (Å²) in [5.41, 5.74) is 16.4. The van der Waals surface area contributed by atoms with Gasteiger partial charge in [-0.05, 0) is 63.2 Å². The number of hydrogen-bond donors (Lipinski definition) is 0. The first-order valence-electron chi connectivity index (χ1n) is 23.0. The zero-order chi connectivity index (χ0) is 45.0. The Morgan fingerprint density at radius 3 is 1.22 bits per heavy atom. The van der Waals surface area contributed by atoms with Crippen molar-refractivity contribution in [2.75, 3.05) is 0 Å². The Morgan fingerprint density at radius 1 is 0.250 bits per heavy atom. The van der Waals surface area contributed by atoms with Crippen LogP contribution in [0.25, 0.3) is 123 Å². The van der Waals surface area contributed by atoms with Gasteiger partial charge >= 0.3 is 0 Å². The quantitative estimate of drug-likeness (QED) is 0.153. The minimum Gasteiger partial charge on any atom is -0.307 e. The van der Waals surface area contributed by atoms with Crippen molar-refractivity contribution in [3.05, 3.63) is 249 Å². The Kier molecular flexibility index (Phi) is 9.43. The molecule has 3 aromatic heterocycles. The van der Waals surface area contributed by atoms with E-state index in [1.165, 1.54) is 27.6 Å². The molecular formula is C63H41N5. The predicted molar refractivity (Wildman–Crippen MR) is 281 cm³/mol. The van der Waals surface area contributed by atoms with E-state index in [0.29, 0.717) is 17.6 Å². The maximum Gasteiger partial charge on any atom is 0.238 e. The molecule has 0 aliphatic heterocycles. The second-order valence-corrected chi connectivity index (χ2v) is 17.2. The van der Waals surface area contributed by atoms with Crippen molar-refractivity contribution in [3.63, 3.8) is 0 Å². The number of rotatable bonds is 8. The van der Waals surface area contributed by atoms with Crippen LogP contribution in [0.15, 0.2) is 249 Å². The summed E-state index contributed by atoms with van der Waals surface area (Å²) in [6.07, 6.45) is 0. The van der Waals surface area contributed by atoms with E-state index in [2.05, 4.69) is 240 Å². The van der Waals surface area contributed by atoms with Crippen LogP contribution in [0.5, 0.6) is 0 Å². The van der Waals surface area contributed by atoms with Crippen molar-refractivity contribution in [1.82, 2.24) is 24.1 Å². The molecule has 68 heavy (non-hydrogen) atoms. The van der Waals surface area contributed by atoms with Gasteiger partial charge in [-0.3, -0.25) is 4.57 Å². The first kappa shape index (κ1) is 39.2. The van der Waals surface area contributed by atoms with Gasteiger partial charge in [0.05, 0.1) is 27.8 Å². The largest absolute Gasteiger partial charge is 0.307 e. The summed E-state index contributed by atoms with van der Waals surface area (Å²) < 4.78 is 4.73. The molecule has 0 saturated carbocycles. The number of aromatic nitrogens is 5. The summed E-state index contributed by atoms with van der Waals surface area (Å²) >= 11 is 0. The molecule has 13 rings (SSSR count). The molecule has 0 amide bonds. The van der Waals surface area contributed by atoms with Crippen LogP contribution >= 0.6 is 0 Å². The van der Waals surface area contributed by atoms with Crippen LogP contribution in [0, 0.1) is 0 Å². The smallest absolute Gasteiger partial charge is 0.238 e. The van der Waals surface area contributed by atoms with Crippen LogP contribution in [-0.4, -0.2) is 24.1 Å². The highest BCUT2D eigenvalue weighted by atomic mass is 15.2. The van der Waals surface area contributed by atoms with Gasteiger partial charge < -0.3 is 4.57 Å². The van der Waals surface area contributed by atoms with Gasteiger partial charge in [-0.15, -0.1) is 0 Å². The van der Waals surface area contributed by atoms with Gasteiger partial charge in [-0.25, -0.2) is 4.98 Å². The third kappa shape index (κ3) is 6.59. The van der Waals surface area contributed by atoms with E-state index in [1.807, 2.05) is 18.2 Å². The second-order valence-electron chi connectivity index (χ2n) is 17.2. The van der Waals surface area contributed by atoms with Gasteiger partial charge in [0.25, 0.3) is 0 Å². The Hall–Kier alpha value is -9.19. The van der Waals surface area contributed by atoms with E-state index in [4.69, 9.17) is 15.0 Å². The van der Waals surface area contributed by atoms with Gasteiger partial charge in [0.1, 0.15) is 0 Å². The van der Waals surface area contributed by atoms with Crippen LogP contribution < -0.4 is 0 Å². The number of benzene rings is 10. The fourth-order valence-corrected chi connectivity index (χ4v) is 10.1. The molecule has 0 radical (unpaired) electrons. The third-order valence-electron chi connectivity index (χ3n) is 13.2. The maximum absolute atomic E-state index is 5.44. The highest BCUT2D eigenvalue weighted by Gasteiger charge is 2.25. The zero-order valence-corrected chi connectivity index (χ0v) is 36.9. The molecular weight excluding hydrogens is 827 g/mol. The van der Waals surface area contributed by atoms with Gasteiger partial charge in [0.2, 0.25) is 5.95 Å². The summed E-state index contributed by atoms with van der Waals surface area (Å²) in [6, 6.07) is 88.2. The van der Waals surface area contributed by atoms with Crippen molar-refractivity contribution in [3.8, 4) is 78.9 Å². The lowest BCUT2D eigenvalue weighted by Crippen LogP contribution is -2.07. The SMILES string of the molecule is c1ccc(-c2ccc(-n3c4ccccc4c4ccc5c6ccccc6n(-c6nc(-c7ccccc7)nc(-c7ccc(-c8ccccc8-c8ccccc8)cc7)n6)c5c43)c(-c3ccccc3)c2)cc1. The van der Waals surface area contributed by atoms with E-state index in [1.54, 1.807) is 0 Å². The average molecular weight is 868 g/mol. The Bertz CT molecular complexity index is 3990. The van der Waals surface area contributed by atoms with E-state index < -0.39 is 0 Å². The lowest BCUT2D eigenvalue weighted by molar-refractivity contribution is 0.953. The summed E-state index contributed by atoms with van der Waals surface area (Å²) in [6.45, 7) is 0. The molecule has 0 bridgehead atoms. The summed E-state index contributed by atoms with van der Waals surface area (Å²) in [5.74, 6) is 1.74. The fraction of sp³-hybridized carbons (Fsp3) is 0. The predicted octanol–water partition coefficient (Wildman–Crippen LogP) is 16.1. The third-order valence-corrected chi connectivity index (χ3v) is 13.2. The molecule has 0 unspecified atom stereocenters. The molecule has 10 aromatic carbocycles. The van der Waals surface area contributed by atoms with Gasteiger partial charge in [-0.1, -0.05) is 224 Å². The molecule has 0 aliphatic carbocycles. The van der Waals surface area contributed by atoms with Crippen molar-refractivity contribution < 1.29 is 0 Å². The molecule has 0 N–H and O–H groups in total. The van der Waals surface area contributed by atoms with Crippen LogP contribution in [0.1, 0.15) is 0 Å². The van der Waals surface area contributed by atoms with Gasteiger partial charge in [0.15, 0.2) is 11.6 Å². The first-order valence-corrected chi connectivity index (χ1v) is 23.0. The lowest BCUT2D eigenvalue weighted by Gasteiger charge is -2.17. The van der Waals surface area contributed by atoms with Crippen LogP contribution in [-0.2, 0) is 0 Å². The number of para-hydroxylation sites is 2. The molecule has 0 fully saturated rings. The molecule has 0 saturated heterocycles. The highest BCUT2D eigenvalue weighted by molar-refractivity contribution is 6.24. The Labute approximate surface area is 393 Å². The van der Waals surface area contributed by atoms with E-state index in [9.17, 15) is 0 Å². The van der Waals surface area contributed by atoms with E-state index in [0.717, 1.165) is 77.3 Å². The lowest BCUT2D eigenvalue weighted by atomic mass is 9.94. The van der Waals surface area contributed by atoms with Crippen molar-refractivity contribution in [2.45, 2.75) is 0 Å². The first-order chi connectivity index (χ1) is 33.7. The number of fused-ring (bicyclic) bond motifs is 7. The molecule has 3 heterocycles. The number of nitrogens with zero attached hydrogens (tertiary/aromatic N) is 5. The molecule has 13 aromatic rings. The normalized spacial score (nSPS) is 11.5. The average Bonchev–Trinajstić information content (AvgIpc) is 3.95. The second kappa shape index (κ2) is 16.4. The van der Waals surface area contributed by atoms with Crippen molar-refractivity contribution in [1.29, 1.82) is 0 Å².